The van der Waals surface area contributed by atoms with Crippen molar-refractivity contribution in [3.63, 3.8) is 0 Å². The summed E-state index contributed by atoms with van der Waals surface area (Å²) in [5, 5.41) is 3.16. The van der Waals surface area contributed by atoms with Crippen molar-refractivity contribution >= 4 is 17.5 Å². The lowest BCUT2D eigenvalue weighted by atomic mass is 9.87. The number of amides is 1. The summed E-state index contributed by atoms with van der Waals surface area (Å²) >= 11 is 5.74. The molecule has 2 fully saturated rings. The van der Waals surface area contributed by atoms with Crippen molar-refractivity contribution in [2.45, 2.75) is 51.5 Å². The highest BCUT2D eigenvalue weighted by Crippen LogP contribution is 2.48. The van der Waals surface area contributed by atoms with E-state index in [4.69, 9.17) is 11.6 Å². The highest BCUT2D eigenvalue weighted by molar-refractivity contribution is 6.17. The van der Waals surface area contributed by atoms with Gasteiger partial charge in [-0.15, -0.1) is 11.6 Å². The Labute approximate surface area is 103 Å². The average molecular weight is 244 g/mol. The minimum atomic E-state index is -0.152. The van der Waals surface area contributed by atoms with Crippen LogP contribution in [0, 0.1) is 17.8 Å². The first kappa shape index (κ1) is 12.2. The third-order valence-electron chi connectivity index (χ3n) is 4.26. The summed E-state index contributed by atoms with van der Waals surface area (Å²) in [5.74, 6) is 2.65. The van der Waals surface area contributed by atoms with Gasteiger partial charge in [-0.25, -0.2) is 0 Å². The van der Waals surface area contributed by atoms with Gasteiger partial charge in [-0.2, -0.15) is 0 Å². The quantitative estimate of drug-likeness (QED) is 0.756. The molecule has 0 aromatic heterocycles. The summed E-state index contributed by atoms with van der Waals surface area (Å²) in [7, 11) is 0. The third kappa shape index (κ3) is 2.53. The van der Waals surface area contributed by atoms with Gasteiger partial charge in [0.1, 0.15) is 0 Å². The molecule has 1 amide bonds. The largest absolute Gasteiger partial charge is 0.351 e. The van der Waals surface area contributed by atoms with Crippen molar-refractivity contribution in [2.24, 2.45) is 17.8 Å². The number of carbonyl (C=O) groups excluding carboxylic acids is 1. The fourth-order valence-corrected chi connectivity index (χ4v) is 3.76. The summed E-state index contributed by atoms with van der Waals surface area (Å²) in [5.41, 5.74) is -0.152. The smallest absolute Gasteiger partial charge is 0.223 e. The van der Waals surface area contributed by atoms with E-state index in [1.807, 2.05) is 0 Å². The van der Waals surface area contributed by atoms with Crippen LogP contribution in [0.15, 0.2) is 0 Å². The van der Waals surface area contributed by atoms with Crippen molar-refractivity contribution in [1.29, 1.82) is 0 Å². The lowest BCUT2D eigenvalue weighted by molar-refractivity contribution is -0.128. The maximum atomic E-state index is 12.2. The summed E-state index contributed by atoms with van der Waals surface area (Å²) < 4.78 is 0. The van der Waals surface area contributed by atoms with Crippen LogP contribution in [0.1, 0.15) is 46.0 Å². The Morgan fingerprint density at radius 3 is 2.62 bits per heavy atom. The van der Waals surface area contributed by atoms with Crippen LogP contribution in [0.3, 0.4) is 0 Å². The zero-order chi connectivity index (χ0) is 11.8. The van der Waals surface area contributed by atoms with Crippen LogP contribution < -0.4 is 5.32 Å². The molecule has 2 rings (SSSR count). The van der Waals surface area contributed by atoms with Gasteiger partial charge in [0.2, 0.25) is 5.91 Å². The second kappa shape index (κ2) is 4.56. The number of hydrogen-bond donors (Lipinski definition) is 1. The van der Waals surface area contributed by atoms with E-state index in [1.54, 1.807) is 0 Å². The molecule has 3 unspecified atom stereocenters. The van der Waals surface area contributed by atoms with Gasteiger partial charge < -0.3 is 5.32 Å². The summed E-state index contributed by atoms with van der Waals surface area (Å²) in [6.45, 7) is 4.11. The normalized spacial score (nSPS) is 33.1. The van der Waals surface area contributed by atoms with E-state index in [0.29, 0.717) is 11.8 Å². The summed E-state index contributed by atoms with van der Waals surface area (Å²) in [4.78, 5) is 12.2. The van der Waals surface area contributed by atoms with E-state index in [9.17, 15) is 4.79 Å². The van der Waals surface area contributed by atoms with Gasteiger partial charge in [0, 0.05) is 17.3 Å². The number of rotatable bonds is 4. The Bertz CT molecular complexity index is 277. The van der Waals surface area contributed by atoms with E-state index in [2.05, 4.69) is 19.2 Å². The first-order chi connectivity index (χ1) is 7.52. The molecule has 2 nitrogen and oxygen atoms in total. The fraction of sp³-hybridized carbons (Fsp3) is 0.923. The number of hydrogen-bond acceptors (Lipinski definition) is 1. The second-order valence-electron chi connectivity index (χ2n) is 6.09. The average Bonchev–Trinajstić information content (AvgIpc) is 2.77. The molecule has 2 aliphatic rings. The van der Waals surface area contributed by atoms with Gasteiger partial charge in [-0.3, -0.25) is 4.79 Å². The molecule has 2 aliphatic carbocycles. The molecule has 0 aromatic carbocycles. The molecule has 0 radical (unpaired) electrons. The Morgan fingerprint density at radius 2 is 2.12 bits per heavy atom. The second-order valence-corrected chi connectivity index (χ2v) is 6.47. The number of carbonyl (C=O) groups is 1. The summed E-state index contributed by atoms with van der Waals surface area (Å²) in [6, 6.07) is 0. The first-order valence-corrected chi connectivity index (χ1v) is 6.93. The van der Waals surface area contributed by atoms with Crippen molar-refractivity contribution in [2.75, 3.05) is 5.88 Å². The first-order valence-electron chi connectivity index (χ1n) is 6.40. The van der Waals surface area contributed by atoms with E-state index < -0.39 is 0 Å². The van der Waals surface area contributed by atoms with Crippen molar-refractivity contribution < 1.29 is 4.79 Å². The SMILES string of the molecule is CC(C)(CCCl)NC(=O)C1CC2CCC1C2. The molecule has 2 bridgehead atoms. The zero-order valence-electron chi connectivity index (χ0n) is 10.3. The standard InChI is InChI=1S/C13H22ClNO/c1-13(2,5-6-14)15-12(16)11-8-9-3-4-10(11)7-9/h9-11H,3-8H2,1-2H3,(H,15,16). The molecule has 0 saturated heterocycles. The van der Waals surface area contributed by atoms with Crippen molar-refractivity contribution in [3.05, 3.63) is 0 Å². The minimum Gasteiger partial charge on any atom is -0.351 e. The predicted octanol–water partition coefficient (Wildman–Crippen LogP) is 2.95. The molecule has 3 heteroatoms. The van der Waals surface area contributed by atoms with Crippen LogP contribution >= 0.6 is 11.6 Å². The molecular weight excluding hydrogens is 222 g/mol. The predicted molar refractivity (Wildman–Crippen MR) is 66.5 cm³/mol. The van der Waals surface area contributed by atoms with E-state index >= 15 is 0 Å². The number of nitrogens with one attached hydrogen (secondary N) is 1. The maximum Gasteiger partial charge on any atom is 0.223 e. The summed E-state index contributed by atoms with van der Waals surface area (Å²) in [6.07, 6.45) is 5.85. The van der Waals surface area contributed by atoms with Gasteiger partial charge in [-0.05, 0) is 51.4 Å². The van der Waals surface area contributed by atoms with Gasteiger partial charge in [0.25, 0.3) is 0 Å². The van der Waals surface area contributed by atoms with Crippen LogP contribution in [-0.2, 0) is 4.79 Å². The zero-order valence-corrected chi connectivity index (χ0v) is 11.0. The Hall–Kier alpha value is -0.240. The maximum absolute atomic E-state index is 12.2. The van der Waals surface area contributed by atoms with E-state index in [0.717, 1.165) is 18.8 Å². The topological polar surface area (TPSA) is 29.1 Å². The Kier molecular flexibility index (Phi) is 3.48. The van der Waals surface area contributed by atoms with Crippen molar-refractivity contribution in [3.8, 4) is 0 Å². The van der Waals surface area contributed by atoms with E-state index in [-0.39, 0.29) is 17.4 Å². The van der Waals surface area contributed by atoms with Crippen LogP contribution in [0.25, 0.3) is 0 Å². The van der Waals surface area contributed by atoms with Crippen LogP contribution in [0.2, 0.25) is 0 Å². The third-order valence-corrected chi connectivity index (χ3v) is 4.44. The molecule has 92 valence electrons. The van der Waals surface area contributed by atoms with E-state index in [1.165, 1.54) is 19.3 Å². The fourth-order valence-electron chi connectivity index (χ4n) is 3.29. The van der Waals surface area contributed by atoms with Gasteiger partial charge in [0.05, 0.1) is 0 Å². The highest BCUT2D eigenvalue weighted by atomic mass is 35.5. The molecule has 16 heavy (non-hydrogen) atoms. The van der Waals surface area contributed by atoms with Crippen LogP contribution in [0.5, 0.6) is 0 Å². The monoisotopic (exact) mass is 243 g/mol. The molecule has 0 heterocycles. The molecule has 2 saturated carbocycles. The van der Waals surface area contributed by atoms with Crippen LogP contribution in [0.4, 0.5) is 0 Å². The number of alkyl halides is 1. The Morgan fingerprint density at radius 1 is 1.38 bits per heavy atom. The lowest BCUT2D eigenvalue weighted by Crippen LogP contribution is -2.47. The number of fused-ring (bicyclic) bond motifs is 2. The molecule has 3 atom stereocenters. The Balaban J connectivity index is 1.89. The highest BCUT2D eigenvalue weighted by Gasteiger charge is 2.43. The van der Waals surface area contributed by atoms with Crippen molar-refractivity contribution in [1.82, 2.24) is 5.32 Å². The molecule has 0 aromatic rings. The molecule has 1 N–H and O–H groups in total. The lowest BCUT2D eigenvalue weighted by Gasteiger charge is -2.29. The van der Waals surface area contributed by atoms with Gasteiger partial charge >= 0.3 is 0 Å². The number of halogens is 1. The van der Waals surface area contributed by atoms with Gasteiger partial charge in [0.15, 0.2) is 0 Å². The minimum absolute atomic E-state index is 0.152. The molecular formula is C13H22ClNO. The molecule has 0 aliphatic heterocycles. The van der Waals surface area contributed by atoms with Gasteiger partial charge in [-0.1, -0.05) is 6.42 Å². The van der Waals surface area contributed by atoms with Crippen LogP contribution in [-0.4, -0.2) is 17.3 Å². The molecule has 0 spiro atoms.